The Morgan fingerprint density at radius 2 is 1.54 bits per heavy atom. The van der Waals surface area contributed by atoms with E-state index in [1.54, 1.807) is 12.4 Å². The van der Waals surface area contributed by atoms with Gasteiger partial charge in [0.15, 0.2) is 0 Å². The lowest BCUT2D eigenvalue weighted by molar-refractivity contribution is 0.300. The molecule has 0 bridgehead atoms. The molecular weight excluding hydrogens is 328 g/mol. The van der Waals surface area contributed by atoms with Crippen molar-refractivity contribution >= 4 is 0 Å². The van der Waals surface area contributed by atoms with Gasteiger partial charge in [0, 0.05) is 17.7 Å². The van der Waals surface area contributed by atoms with E-state index in [1.807, 2.05) is 54.6 Å². The minimum absolute atomic E-state index is 0.0776. The Morgan fingerprint density at radius 3 is 2.38 bits per heavy atom. The molecule has 0 atom stereocenters. The first kappa shape index (κ1) is 16.1. The summed E-state index contributed by atoms with van der Waals surface area (Å²) < 4.78 is 5.76. The summed E-state index contributed by atoms with van der Waals surface area (Å²) >= 11 is 0. The number of hydrogen-bond donors (Lipinski definition) is 1. The van der Waals surface area contributed by atoms with Gasteiger partial charge in [-0.2, -0.15) is 0 Å². The number of hydrogen-bond acceptors (Lipinski definition) is 6. The van der Waals surface area contributed by atoms with Crippen molar-refractivity contribution in [3.05, 3.63) is 72.6 Å². The van der Waals surface area contributed by atoms with E-state index in [9.17, 15) is 5.11 Å². The standard InChI is InChI=1S/C20H16N4O2/c25-11-10-14-6-4-5-9-16(14)17-12-21-13-18(22-17)20-24-23-19(26-20)15-7-2-1-3-8-15/h1-9,12-13,25H,10-11H2. The Morgan fingerprint density at radius 1 is 0.808 bits per heavy atom. The zero-order valence-corrected chi connectivity index (χ0v) is 13.9. The normalized spacial score (nSPS) is 10.8. The second-order valence-electron chi connectivity index (χ2n) is 5.70. The molecule has 0 radical (unpaired) electrons. The molecular formula is C20H16N4O2. The van der Waals surface area contributed by atoms with Crippen LogP contribution in [0, 0.1) is 0 Å². The third-order valence-corrected chi connectivity index (χ3v) is 3.97. The Labute approximate surface area is 150 Å². The van der Waals surface area contributed by atoms with Gasteiger partial charge < -0.3 is 9.52 Å². The molecule has 6 heteroatoms. The van der Waals surface area contributed by atoms with Crippen molar-refractivity contribution in [3.8, 4) is 34.3 Å². The number of aliphatic hydroxyl groups is 1. The molecule has 0 aliphatic carbocycles. The quantitative estimate of drug-likeness (QED) is 0.597. The van der Waals surface area contributed by atoms with Gasteiger partial charge in [-0.05, 0) is 24.1 Å². The zero-order valence-electron chi connectivity index (χ0n) is 13.9. The van der Waals surface area contributed by atoms with Crippen LogP contribution in [-0.4, -0.2) is 31.9 Å². The summed E-state index contributed by atoms with van der Waals surface area (Å²) in [6, 6.07) is 17.4. The summed E-state index contributed by atoms with van der Waals surface area (Å²) in [5.74, 6) is 0.756. The van der Waals surface area contributed by atoms with Crippen LogP contribution in [-0.2, 0) is 6.42 Å². The van der Waals surface area contributed by atoms with Crippen LogP contribution in [0.25, 0.3) is 34.3 Å². The summed E-state index contributed by atoms with van der Waals surface area (Å²) in [5.41, 5.74) is 4.00. The Kier molecular flexibility index (Phi) is 4.49. The van der Waals surface area contributed by atoms with Gasteiger partial charge in [0.2, 0.25) is 5.89 Å². The maximum absolute atomic E-state index is 9.27. The molecule has 128 valence electrons. The first-order chi connectivity index (χ1) is 12.8. The van der Waals surface area contributed by atoms with Gasteiger partial charge in [-0.25, -0.2) is 4.98 Å². The lowest BCUT2D eigenvalue weighted by atomic mass is 10.0. The molecule has 0 amide bonds. The first-order valence-electron chi connectivity index (χ1n) is 8.25. The summed E-state index contributed by atoms with van der Waals surface area (Å²) in [6.45, 7) is 0.0776. The lowest BCUT2D eigenvalue weighted by Crippen LogP contribution is -1.97. The van der Waals surface area contributed by atoms with Crippen molar-refractivity contribution in [2.75, 3.05) is 6.61 Å². The average Bonchev–Trinajstić information content (AvgIpc) is 3.20. The van der Waals surface area contributed by atoms with E-state index < -0.39 is 0 Å². The van der Waals surface area contributed by atoms with E-state index in [-0.39, 0.29) is 6.61 Å². The van der Waals surface area contributed by atoms with Gasteiger partial charge in [-0.1, -0.05) is 42.5 Å². The monoisotopic (exact) mass is 344 g/mol. The van der Waals surface area contributed by atoms with Crippen LogP contribution in [0.3, 0.4) is 0 Å². The predicted octanol–water partition coefficient (Wildman–Crippen LogP) is 3.40. The second kappa shape index (κ2) is 7.25. The summed E-state index contributed by atoms with van der Waals surface area (Å²) in [5, 5.41) is 17.5. The molecule has 6 nitrogen and oxygen atoms in total. The molecule has 0 fully saturated rings. The van der Waals surface area contributed by atoms with Crippen molar-refractivity contribution in [1.29, 1.82) is 0 Å². The van der Waals surface area contributed by atoms with E-state index in [2.05, 4.69) is 20.2 Å². The SMILES string of the molecule is OCCc1ccccc1-c1cncc(-c2nnc(-c3ccccc3)o2)n1. The van der Waals surface area contributed by atoms with Crippen molar-refractivity contribution in [1.82, 2.24) is 20.2 Å². The zero-order chi connectivity index (χ0) is 17.8. The van der Waals surface area contributed by atoms with Gasteiger partial charge in [0.25, 0.3) is 5.89 Å². The van der Waals surface area contributed by atoms with Crippen molar-refractivity contribution in [2.45, 2.75) is 6.42 Å². The minimum Gasteiger partial charge on any atom is -0.415 e. The van der Waals surface area contributed by atoms with Crippen LogP contribution in [0.5, 0.6) is 0 Å². The summed E-state index contributed by atoms with van der Waals surface area (Å²) in [4.78, 5) is 8.89. The molecule has 2 aromatic carbocycles. The molecule has 2 aromatic heterocycles. The van der Waals surface area contributed by atoms with Crippen LogP contribution in [0.1, 0.15) is 5.56 Å². The lowest BCUT2D eigenvalue weighted by Gasteiger charge is -2.07. The largest absolute Gasteiger partial charge is 0.415 e. The van der Waals surface area contributed by atoms with Crippen molar-refractivity contribution in [2.24, 2.45) is 0 Å². The van der Waals surface area contributed by atoms with Gasteiger partial charge in [-0.15, -0.1) is 10.2 Å². The number of benzene rings is 2. The predicted molar refractivity (Wildman–Crippen MR) is 97.0 cm³/mol. The molecule has 0 spiro atoms. The van der Waals surface area contributed by atoms with Crippen molar-refractivity contribution < 1.29 is 9.52 Å². The Bertz CT molecular complexity index is 1020. The molecule has 0 aliphatic heterocycles. The number of nitrogens with zero attached hydrogens (tertiary/aromatic N) is 4. The minimum atomic E-state index is 0.0776. The molecule has 0 unspecified atom stereocenters. The maximum atomic E-state index is 9.27. The highest BCUT2D eigenvalue weighted by atomic mass is 16.4. The summed E-state index contributed by atoms with van der Waals surface area (Å²) in [6.07, 6.45) is 3.84. The maximum Gasteiger partial charge on any atom is 0.268 e. The van der Waals surface area contributed by atoms with Crippen molar-refractivity contribution in [3.63, 3.8) is 0 Å². The van der Waals surface area contributed by atoms with Crippen LogP contribution in [0.4, 0.5) is 0 Å². The van der Waals surface area contributed by atoms with Gasteiger partial charge >= 0.3 is 0 Å². The Hall–Kier alpha value is -3.38. The molecule has 0 saturated heterocycles. The fourth-order valence-corrected chi connectivity index (χ4v) is 2.73. The fraction of sp³-hybridized carbons (Fsp3) is 0.100. The topological polar surface area (TPSA) is 84.9 Å². The first-order valence-corrected chi connectivity index (χ1v) is 8.25. The van der Waals surface area contributed by atoms with Crippen LogP contribution < -0.4 is 0 Å². The van der Waals surface area contributed by atoms with Gasteiger partial charge in [0.05, 0.1) is 18.1 Å². The van der Waals surface area contributed by atoms with E-state index in [0.29, 0.717) is 29.6 Å². The highest BCUT2D eigenvalue weighted by Crippen LogP contribution is 2.26. The highest BCUT2D eigenvalue weighted by Gasteiger charge is 2.14. The molecule has 26 heavy (non-hydrogen) atoms. The van der Waals surface area contributed by atoms with Gasteiger partial charge in [0.1, 0.15) is 5.69 Å². The molecule has 1 N–H and O–H groups in total. The molecule has 4 aromatic rings. The number of rotatable bonds is 5. The second-order valence-corrected chi connectivity index (χ2v) is 5.70. The van der Waals surface area contributed by atoms with E-state index >= 15 is 0 Å². The molecule has 4 rings (SSSR count). The van der Waals surface area contributed by atoms with Gasteiger partial charge in [-0.3, -0.25) is 4.98 Å². The molecule has 2 heterocycles. The molecule has 0 saturated carbocycles. The Balaban J connectivity index is 1.70. The third kappa shape index (κ3) is 3.22. The van der Waals surface area contributed by atoms with E-state index in [1.165, 1.54) is 0 Å². The fourth-order valence-electron chi connectivity index (χ4n) is 2.73. The number of aliphatic hydroxyl groups excluding tert-OH is 1. The average molecular weight is 344 g/mol. The summed E-state index contributed by atoms with van der Waals surface area (Å²) in [7, 11) is 0. The van der Waals surface area contributed by atoms with Crippen LogP contribution in [0.2, 0.25) is 0 Å². The van der Waals surface area contributed by atoms with Crippen LogP contribution in [0.15, 0.2) is 71.4 Å². The smallest absolute Gasteiger partial charge is 0.268 e. The molecule has 0 aliphatic rings. The third-order valence-electron chi connectivity index (χ3n) is 3.97. The number of aromatic nitrogens is 4. The highest BCUT2D eigenvalue weighted by molar-refractivity contribution is 5.65. The van der Waals surface area contributed by atoms with E-state index in [4.69, 9.17) is 4.42 Å². The van der Waals surface area contributed by atoms with Crippen LogP contribution >= 0.6 is 0 Å². The van der Waals surface area contributed by atoms with E-state index in [0.717, 1.165) is 16.7 Å².